The minimum Gasteiger partial charge on any atom is -0.464 e. The van der Waals surface area contributed by atoms with E-state index in [0.29, 0.717) is 16.9 Å². The van der Waals surface area contributed by atoms with Crippen LogP contribution in [0.3, 0.4) is 0 Å². The molecule has 12 heteroatoms. The molecule has 3 aromatic rings. The minimum atomic E-state index is -4.41. The van der Waals surface area contributed by atoms with Gasteiger partial charge in [-0.25, -0.2) is 23.0 Å². The molecular formula is C18H14F3N3O4S2. The fourth-order valence-corrected chi connectivity index (χ4v) is 3.65. The molecule has 0 bridgehead atoms. The number of benzene rings is 2. The van der Waals surface area contributed by atoms with Gasteiger partial charge in [-0.2, -0.15) is 18.3 Å². The molecule has 3 rings (SSSR count). The fourth-order valence-electron chi connectivity index (χ4n) is 2.59. The highest BCUT2D eigenvalue weighted by atomic mass is 32.2. The number of thioether (sulfide) groups is 1. The predicted molar refractivity (Wildman–Crippen MR) is 104 cm³/mol. The summed E-state index contributed by atoms with van der Waals surface area (Å²) in [5, 5.41) is 9.27. The van der Waals surface area contributed by atoms with Gasteiger partial charge in [-0.3, -0.25) is 0 Å². The highest BCUT2D eigenvalue weighted by molar-refractivity contribution is 8.00. The van der Waals surface area contributed by atoms with Crippen LogP contribution >= 0.6 is 11.8 Å². The fraction of sp³-hybridized carbons (Fsp3) is 0.111. The smallest absolute Gasteiger partial charge is 0.446 e. The largest absolute Gasteiger partial charge is 0.464 e. The van der Waals surface area contributed by atoms with Crippen LogP contribution in [0.4, 0.5) is 13.2 Å². The number of primary sulfonamides is 1. The lowest BCUT2D eigenvalue weighted by molar-refractivity contribution is -0.0328. The van der Waals surface area contributed by atoms with Crippen LogP contribution in [0.1, 0.15) is 10.5 Å². The van der Waals surface area contributed by atoms with Gasteiger partial charge in [0.2, 0.25) is 10.0 Å². The number of carbonyl (C=O) groups is 1. The first-order valence-electron chi connectivity index (χ1n) is 8.16. The molecule has 7 nitrogen and oxygen atoms in total. The number of nitrogens with two attached hydrogens (primary N) is 1. The van der Waals surface area contributed by atoms with Crippen molar-refractivity contribution in [1.82, 2.24) is 9.78 Å². The molecule has 0 radical (unpaired) electrons. The lowest BCUT2D eigenvalue weighted by Crippen LogP contribution is -2.12. The summed E-state index contributed by atoms with van der Waals surface area (Å²) in [6.07, 6.45) is 0. The highest BCUT2D eigenvalue weighted by Crippen LogP contribution is 2.37. The van der Waals surface area contributed by atoms with Crippen LogP contribution in [0, 0.1) is 0 Å². The van der Waals surface area contributed by atoms with Gasteiger partial charge in [0.25, 0.3) is 0 Å². The Kier molecular flexibility index (Phi) is 5.92. The molecule has 0 fully saturated rings. The third kappa shape index (κ3) is 5.01. The number of esters is 1. The van der Waals surface area contributed by atoms with E-state index in [-0.39, 0.29) is 27.2 Å². The summed E-state index contributed by atoms with van der Waals surface area (Å²) in [7, 11) is -2.71. The Hall–Kier alpha value is -2.83. The number of ether oxygens (including phenoxy) is 1. The number of aromatic nitrogens is 2. The molecule has 0 saturated heterocycles. The van der Waals surface area contributed by atoms with Crippen molar-refractivity contribution < 1.29 is 31.1 Å². The summed E-state index contributed by atoms with van der Waals surface area (Å²) in [4.78, 5) is 11.8. The average molecular weight is 457 g/mol. The number of alkyl halides is 3. The zero-order valence-corrected chi connectivity index (χ0v) is 16.9. The minimum absolute atomic E-state index is 0.00279. The number of hydrogen-bond acceptors (Lipinski definition) is 6. The van der Waals surface area contributed by atoms with E-state index in [1.807, 2.05) is 0 Å². The summed E-state index contributed by atoms with van der Waals surface area (Å²) < 4.78 is 66.5. The van der Waals surface area contributed by atoms with E-state index in [4.69, 9.17) is 5.14 Å². The molecule has 0 amide bonds. The normalized spacial score (nSPS) is 12.0. The second-order valence-corrected chi connectivity index (χ2v) is 8.63. The molecule has 0 aliphatic rings. The van der Waals surface area contributed by atoms with Gasteiger partial charge in [0.15, 0.2) is 5.69 Å². The molecule has 0 aliphatic heterocycles. The number of nitrogens with zero attached hydrogens (tertiary/aromatic N) is 2. The molecule has 1 aromatic heterocycles. The summed E-state index contributed by atoms with van der Waals surface area (Å²) >= 11 is -0.242. The van der Waals surface area contributed by atoms with E-state index in [2.05, 4.69) is 9.84 Å². The van der Waals surface area contributed by atoms with Crippen molar-refractivity contribution in [3.8, 4) is 16.9 Å². The summed E-state index contributed by atoms with van der Waals surface area (Å²) in [6, 6.07) is 12.4. The van der Waals surface area contributed by atoms with Gasteiger partial charge in [-0.1, -0.05) is 12.1 Å². The number of halogens is 3. The van der Waals surface area contributed by atoms with Crippen molar-refractivity contribution in [1.29, 1.82) is 0 Å². The Morgan fingerprint density at radius 2 is 1.70 bits per heavy atom. The van der Waals surface area contributed by atoms with Gasteiger partial charge in [-0.05, 0) is 54.2 Å². The third-order valence-corrected chi connectivity index (χ3v) is 5.57. The monoisotopic (exact) mass is 457 g/mol. The standard InChI is InChI=1S/C18H14F3N3O4S2/c1-28-17(25)15-10-16(11-2-6-13(7-3-11)29-18(19,20)21)24(23-15)12-4-8-14(9-5-12)30(22,26)27/h2-10H,1H3,(H2,22,26,27). The molecule has 2 aromatic carbocycles. The van der Waals surface area contributed by atoms with Crippen LogP contribution in [0.15, 0.2) is 64.4 Å². The lowest BCUT2D eigenvalue weighted by Gasteiger charge is -2.10. The van der Waals surface area contributed by atoms with Crippen LogP contribution in [-0.4, -0.2) is 36.8 Å². The van der Waals surface area contributed by atoms with Gasteiger partial charge in [0, 0.05) is 10.5 Å². The van der Waals surface area contributed by atoms with E-state index in [1.165, 1.54) is 66.4 Å². The molecular weight excluding hydrogens is 443 g/mol. The second-order valence-electron chi connectivity index (χ2n) is 5.93. The molecule has 0 unspecified atom stereocenters. The molecule has 0 saturated carbocycles. The van der Waals surface area contributed by atoms with Crippen LogP contribution in [-0.2, 0) is 14.8 Å². The Morgan fingerprint density at radius 3 is 2.20 bits per heavy atom. The van der Waals surface area contributed by atoms with E-state index < -0.39 is 21.5 Å². The zero-order valence-electron chi connectivity index (χ0n) is 15.3. The van der Waals surface area contributed by atoms with Gasteiger partial charge < -0.3 is 4.74 Å². The molecule has 30 heavy (non-hydrogen) atoms. The van der Waals surface area contributed by atoms with Crippen LogP contribution in [0.2, 0.25) is 0 Å². The van der Waals surface area contributed by atoms with Gasteiger partial charge >= 0.3 is 11.5 Å². The van der Waals surface area contributed by atoms with Gasteiger partial charge in [-0.15, -0.1) is 0 Å². The second kappa shape index (κ2) is 8.13. The average Bonchev–Trinajstić information content (AvgIpc) is 3.11. The quantitative estimate of drug-likeness (QED) is 0.464. The van der Waals surface area contributed by atoms with Crippen molar-refractivity contribution in [2.24, 2.45) is 5.14 Å². The molecule has 1 heterocycles. The first kappa shape index (κ1) is 21.9. The Balaban J connectivity index is 2.06. The Bertz CT molecular complexity index is 1170. The van der Waals surface area contributed by atoms with Crippen LogP contribution in [0.25, 0.3) is 16.9 Å². The van der Waals surface area contributed by atoms with E-state index in [9.17, 15) is 26.4 Å². The van der Waals surface area contributed by atoms with E-state index >= 15 is 0 Å². The number of rotatable bonds is 5. The molecule has 0 atom stereocenters. The molecule has 158 valence electrons. The summed E-state index contributed by atoms with van der Waals surface area (Å²) in [6.45, 7) is 0. The van der Waals surface area contributed by atoms with E-state index in [0.717, 1.165) is 0 Å². The highest BCUT2D eigenvalue weighted by Gasteiger charge is 2.29. The lowest BCUT2D eigenvalue weighted by atomic mass is 10.1. The maximum Gasteiger partial charge on any atom is 0.446 e. The van der Waals surface area contributed by atoms with Crippen LogP contribution in [0.5, 0.6) is 0 Å². The maximum atomic E-state index is 12.5. The summed E-state index contributed by atoms with van der Waals surface area (Å²) in [5.74, 6) is -0.708. The number of sulfonamides is 1. The number of hydrogen-bond donors (Lipinski definition) is 1. The molecule has 0 aliphatic carbocycles. The Labute approximate surface area is 173 Å². The topological polar surface area (TPSA) is 104 Å². The molecule has 0 spiro atoms. The van der Waals surface area contributed by atoms with Crippen LogP contribution < -0.4 is 5.14 Å². The number of methoxy groups -OCH3 is 1. The zero-order chi connectivity index (χ0) is 22.1. The predicted octanol–water partition coefficient (Wildman–Crippen LogP) is 3.59. The SMILES string of the molecule is COC(=O)c1cc(-c2ccc(SC(F)(F)F)cc2)n(-c2ccc(S(N)(=O)=O)cc2)n1. The third-order valence-electron chi connectivity index (χ3n) is 3.90. The first-order chi connectivity index (χ1) is 14.0. The van der Waals surface area contributed by atoms with Crippen molar-refractivity contribution in [2.45, 2.75) is 15.3 Å². The van der Waals surface area contributed by atoms with Crippen molar-refractivity contribution >= 4 is 27.8 Å². The Morgan fingerprint density at radius 1 is 1.10 bits per heavy atom. The van der Waals surface area contributed by atoms with Gasteiger partial charge in [0.1, 0.15) is 0 Å². The number of carbonyl (C=O) groups excluding carboxylic acids is 1. The van der Waals surface area contributed by atoms with Gasteiger partial charge in [0.05, 0.1) is 23.4 Å². The molecule has 2 N–H and O–H groups in total. The first-order valence-corrected chi connectivity index (χ1v) is 10.5. The van der Waals surface area contributed by atoms with Crippen molar-refractivity contribution in [3.63, 3.8) is 0 Å². The van der Waals surface area contributed by atoms with E-state index in [1.54, 1.807) is 0 Å². The summed E-state index contributed by atoms with van der Waals surface area (Å²) in [5.41, 5.74) is -3.16. The maximum absolute atomic E-state index is 12.5. The van der Waals surface area contributed by atoms with Crippen molar-refractivity contribution in [2.75, 3.05) is 7.11 Å². The van der Waals surface area contributed by atoms with Crippen molar-refractivity contribution in [3.05, 3.63) is 60.3 Å².